The zero-order valence-electron chi connectivity index (χ0n) is 28.7. The van der Waals surface area contributed by atoms with Crippen LogP contribution in [0.1, 0.15) is 25.0 Å². The molecule has 0 saturated heterocycles. The molecule has 0 amide bonds. The topological polar surface area (TPSA) is 8.17 Å². The lowest BCUT2D eigenvalue weighted by molar-refractivity contribution is 0.660. The van der Waals surface area contributed by atoms with Crippen molar-refractivity contribution in [1.29, 1.82) is 0 Å². The summed E-state index contributed by atoms with van der Waals surface area (Å²) in [7, 11) is 0. The molecule has 0 radical (unpaired) electrons. The number of rotatable bonds is 5. The van der Waals surface area contributed by atoms with Gasteiger partial charge in [-0.05, 0) is 75.7 Å². The summed E-state index contributed by atoms with van der Waals surface area (Å²) < 4.78 is 2.41. The molecule has 1 aromatic heterocycles. The van der Waals surface area contributed by atoms with Crippen LogP contribution in [0.25, 0.3) is 60.5 Å². The lowest BCUT2D eigenvalue weighted by Gasteiger charge is -2.30. The van der Waals surface area contributed by atoms with Gasteiger partial charge in [-0.25, -0.2) is 0 Å². The zero-order chi connectivity index (χ0) is 34.1. The lowest BCUT2D eigenvalue weighted by Crippen LogP contribution is -2.15. The molecule has 51 heavy (non-hydrogen) atoms. The fraction of sp³-hybridized carbons (Fsp3) is 0.0612. The first kappa shape index (κ1) is 29.5. The zero-order valence-corrected chi connectivity index (χ0v) is 28.7. The van der Waals surface area contributed by atoms with E-state index in [4.69, 9.17) is 0 Å². The van der Waals surface area contributed by atoms with E-state index in [1.54, 1.807) is 0 Å². The molecule has 0 N–H and O–H groups in total. The fourth-order valence-corrected chi connectivity index (χ4v) is 8.66. The van der Waals surface area contributed by atoms with E-state index in [1.165, 1.54) is 66.0 Å². The first-order valence-corrected chi connectivity index (χ1v) is 17.8. The van der Waals surface area contributed by atoms with Gasteiger partial charge in [-0.2, -0.15) is 0 Å². The van der Waals surface area contributed by atoms with E-state index >= 15 is 0 Å². The smallest absolute Gasteiger partial charge is 0.0541 e. The number of nitrogens with zero attached hydrogens (tertiary/aromatic N) is 2. The van der Waals surface area contributed by atoms with Crippen molar-refractivity contribution in [3.63, 3.8) is 0 Å². The number of para-hydroxylation sites is 3. The molecule has 0 saturated carbocycles. The highest BCUT2D eigenvalue weighted by Gasteiger charge is 2.37. The van der Waals surface area contributed by atoms with E-state index in [2.05, 4.69) is 205 Å². The van der Waals surface area contributed by atoms with Crippen LogP contribution >= 0.6 is 0 Å². The molecule has 1 aliphatic carbocycles. The summed E-state index contributed by atoms with van der Waals surface area (Å²) in [6, 6.07) is 66.6. The molecule has 1 aliphatic rings. The highest BCUT2D eigenvalue weighted by Crippen LogP contribution is 2.54. The number of aromatic nitrogens is 1. The van der Waals surface area contributed by atoms with Crippen LogP contribution < -0.4 is 4.90 Å². The number of benzene rings is 8. The second kappa shape index (κ2) is 11.3. The molecule has 2 heteroatoms. The molecule has 8 aromatic carbocycles. The van der Waals surface area contributed by atoms with E-state index in [9.17, 15) is 0 Å². The molecule has 0 unspecified atom stereocenters. The van der Waals surface area contributed by atoms with Crippen molar-refractivity contribution in [2.24, 2.45) is 0 Å². The van der Waals surface area contributed by atoms with Gasteiger partial charge >= 0.3 is 0 Å². The van der Waals surface area contributed by atoms with Gasteiger partial charge in [0.25, 0.3) is 0 Å². The summed E-state index contributed by atoms with van der Waals surface area (Å²) >= 11 is 0. The van der Waals surface area contributed by atoms with E-state index in [0.29, 0.717) is 0 Å². The van der Waals surface area contributed by atoms with Gasteiger partial charge < -0.3 is 9.47 Å². The Morgan fingerprint density at radius 1 is 0.431 bits per heavy atom. The van der Waals surface area contributed by atoms with Crippen molar-refractivity contribution < 1.29 is 0 Å². The van der Waals surface area contributed by atoms with Crippen molar-refractivity contribution in [3.05, 3.63) is 193 Å². The molecule has 0 atom stereocenters. The van der Waals surface area contributed by atoms with Crippen LogP contribution in [-0.2, 0) is 5.41 Å². The molecule has 242 valence electrons. The second-order valence-corrected chi connectivity index (χ2v) is 14.1. The Balaban J connectivity index is 1.25. The van der Waals surface area contributed by atoms with E-state index in [0.717, 1.165) is 22.7 Å². The van der Waals surface area contributed by atoms with Gasteiger partial charge in [0.1, 0.15) is 0 Å². The largest absolute Gasteiger partial charge is 0.309 e. The van der Waals surface area contributed by atoms with E-state index in [-0.39, 0.29) is 5.41 Å². The number of hydrogen-bond donors (Lipinski definition) is 0. The fourth-order valence-electron chi connectivity index (χ4n) is 8.66. The average molecular weight is 653 g/mol. The van der Waals surface area contributed by atoms with Crippen molar-refractivity contribution >= 4 is 49.6 Å². The Hall–Kier alpha value is -6.38. The standard InChI is InChI=1S/C49H36N2/c1-49(2)42-26-9-5-24-41(42)48-40(25-15-27-43(48)49)39-23-8-12-30-47(39)50(44-31-13-17-33-16-3-4-20-36(33)44)34-18-14-19-35(32-34)51-45-28-10-6-21-37(45)38-22-7-11-29-46(38)51/h3-32H,1-2H3. The van der Waals surface area contributed by atoms with Crippen molar-refractivity contribution in [2.45, 2.75) is 19.3 Å². The third kappa shape index (κ3) is 4.43. The van der Waals surface area contributed by atoms with Gasteiger partial charge in [-0.3, -0.25) is 0 Å². The van der Waals surface area contributed by atoms with Gasteiger partial charge in [0.05, 0.1) is 22.4 Å². The predicted octanol–water partition coefficient (Wildman–Crippen LogP) is 13.4. The van der Waals surface area contributed by atoms with Gasteiger partial charge in [-0.15, -0.1) is 0 Å². The normalized spacial score (nSPS) is 13.1. The third-order valence-electron chi connectivity index (χ3n) is 11.0. The van der Waals surface area contributed by atoms with Crippen LogP contribution in [0.15, 0.2) is 182 Å². The van der Waals surface area contributed by atoms with Crippen LogP contribution in [-0.4, -0.2) is 4.57 Å². The summed E-state index contributed by atoms with van der Waals surface area (Å²) in [4.78, 5) is 2.47. The maximum atomic E-state index is 2.47. The minimum atomic E-state index is -0.0805. The maximum Gasteiger partial charge on any atom is 0.0541 e. The first-order chi connectivity index (χ1) is 25.1. The van der Waals surface area contributed by atoms with E-state index in [1.807, 2.05) is 0 Å². The van der Waals surface area contributed by atoms with Crippen LogP contribution in [0, 0.1) is 0 Å². The third-order valence-corrected chi connectivity index (χ3v) is 11.0. The Morgan fingerprint density at radius 3 is 1.78 bits per heavy atom. The lowest BCUT2D eigenvalue weighted by atomic mass is 9.82. The summed E-state index contributed by atoms with van der Waals surface area (Å²) in [5.41, 5.74) is 14.7. The van der Waals surface area contributed by atoms with Gasteiger partial charge in [0, 0.05) is 38.5 Å². The van der Waals surface area contributed by atoms with Crippen molar-refractivity contribution in [3.8, 4) is 27.9 Å². The second-order valence-electron chi connectivity index (χ2n) is 14.1. The summed E-state index contributed by atoms with van der Waals surface area (Å²) in [5, 5.41) is 4.95. The quantitative estimate of drug-likeness (QED) is 0.180. The minimum absolute atomic E-state index is 0.0805. The molecular formula is C49H36N2. The Morgan fingerprint density at radius 2 is 0.980 bits per heavy atom. The summed E-state index contributed by atoms with van der Waals surface area (Å²) in [5.74, 6) is 0. The Bertz CT molecular complexity index is 2740. The number of hydrogen-bond acceptors (Lipinski definition) is 1. The van der Waals surface area contributed by atoms with Gasteiger partial charge in [-0.1, -0.05) is 153 Å². The molecule has 0 aliphatic heterocycles. The minimum Gasteiger partial charge on any atom is -0.309 e. The first-order valence-electron chi connectivity index (χ1n) is 17.8. The molecule has 10 rings (SSSR count). The maximum absolute atomic E-state index is 2.47. The number of fused-ring (bicyclic) bond motifs is 7. The molecule has 0 fully saturated rings. The van der Waals surface area contributed by atoms with Crippen molar-refractivity contribution in [1.82, 2.24) is 4.57 Å². The Kier molecular flexibility index (Phi) is 6.56. The highest BCUT2D eigenvalue weighted by atomic mass is 15.1. The molecular weight excluding hydrogens is 617 g/mol. The van der Waals surface area contributed by atoms with Crippen LogP contribution in [0.5, 0.6) is 0 Å². The predicted molar refractivity (Wildman–Crippen MR) is 216 cm³/mol. The van der Waals surface area contributed by atoms with Gasteiger partial charge in [0.15, 0.2) is 0 Å². The number of anilines is 3. The molecule has 0 bridgehead atoms. The van der Waals surface area contributed by atoms with Crippen LogP contribution in [0.3, 0.4) is 0 Å². The van der Waals surface area contributed by atoms with E-state index < -0.39 is 0 Å². The molecule has 2 nitrogen and oxygen atoms in total. The average Bonchev–Trinajstić information content (AvgIpc) is 3.64. The van der Waals surface area contributed by atoms with Gasteiger partial charge in [0.2, 0.25) is 0 Å². The molecule has 9 aromatic rings. The van der Waals surface area contributed by atoms with Crippen LogP contribution in [0.4, 0.5) is 17.1 Å². The highest BCUT2D eigenvalue weighted by molar-refractivity contribution is 6.09. The monoisotopic (exact) mass is 652 g/mol. The Labute approximate surface area is 298 Å². The summed E-state index contributed by atoms with van der Waals surface area (Å²) in [6.45, 7) is 4.71. The van der Waals surface area contributed by atoms with Crippen LogP contribution in [0.2, 0.25) is 0 Å². The molecule has 1 heterocycles. The SMILES string of the molecule is CC1(C)c2ccccc2-c2c(-c3ccccc3N(c3cccc(-n4c5ccccc5c5ccccc54)c3)c3cccc4ccccc34)cccc21. The van der Waals surface area contributed by atoms with Crippen molar-refractivity contribution in [2.75, 3.05) is 4.90 Å². The molecule has 0 spiro atoms. The summed E-state index contributed by atoms with van der Waals surface area (Å²) in [6.07, 6.45) is 0.